The van der Waals surface area contributed by atoms with E-state index in [0.29, 0.717) is 48.1 Å². The SMILES string of the molecule is CCCNc1nc(Nc2cccc(F)c2)ncc1CCc1cc(NC(=O)[C@H](C)NC)ccc1F. The first-order valence-corrected chi connectivity index (χ1v) is 11.3. The lowest BCUT2D eigenvalue weighted by Crippen LogP contribution is -2.35. The summed E-state index contributed by atoms with van der Waals surface area (Å²) in [5, 5.41) is 12.0. The summed E-state index contributed by atoms with van der Waals surface area (Å²) in [6.07, 6.45) is 3.48. The zero-order valence-corrected chi connectivity index (χ0v) is 19.6. The molecule has 7 nitrogen and oxygen atoms in total. The van der Waals surface area contributed by atoms with Gasteiger partial charge in [0.25, 0.3) is 0 Å². The summed E-state index contributed by atoms with van der Waals surface area (Å²) in [7, 11) is 1.70. The first-order chi connectivity index (χ1) is 16.4. The highest BCUT2D eigenvalue weighted by atomic mass is 19.1. The topological polar surface area (TPSA) is 91.0 Å². The van der Waals surface area contributed by atoms with E-state index in [2.05, 4.69) is 31.2 Å². The Kier molecular flexibility index (Phi) is 8.86. The van der Waals surface area contributed by atoms with Crippen molar-refractivity contribution >= 4 is 29.0 Å². The molecule has 0 bridgehead atoms. The number of aryl methyl sites for hydroxylation is 2. The van der Waals surface area contributed by atoms with Crippen molar-refractivity contribution in [1.29, 1.82) is 0 Å². The number of nitrogens with one attached hydrogen (secondary N) is 4. The van der Waals surface area contributed by atoms with Gasteiger partial charge in [-0.1, -0.05) is 13.0 Å². The van der Waals surface area contributed by atoms with Gasteiger partial charge in [0.1, 0.15) is 17.5 Å². The van der Waals surface area contributed by atoms with Gasteiger partial charge in [0, 0.05) is 29.7 Å². The number of likely N-dealkylation sites (N-methyl/N-ethyl adjacent to an activating group) is 1. The molecule has 34 heavy (non-hydrogen) atoms. The Morgan fingerprint density at radius 1 is 1.06 bits per heavy atom. The van der Waals surface area contributed by atoms with E-state index < -0.39 is 0 Å². The highest BCUT2D eigenvalue weighted by Crippen LogP contribution is 2.22. The second kappa shape index (κ2) is 12.0. The Bertz CT molecular complexity index is 1120. The molecular weight excluding hydrogens is 438 g/mol. The standard InChI is InChI=1S/C25H30F2N6O/c1-4-12-29-23-18(15-30-25(33-23)32-20-7-5-6-19(26)14-20)9-8-17-13-21(10-11-22(17)27)31-24(34)16(2)28-3/h5-7,10-11,13-16,28H,4,8-9,12H2,1-3H3,(H,31,34)(H2,29,30,32,33)/t16-/m0/s1. The van der Waals surface area contributed by atoms with Gasteiger partial charge in [-0.2, -0.15) is 4.98 Å². The van der Waals surface area contributed by atoms with Crippen molar-refractivity contribution in [2.24, 2.45) is 0 Å². The summed E-state index contributed by atoms with van der Waals surface area (Å²) in [6, 6.07) is 10.2. The van der Waals surface area contributed by atoms with Gasteiger partial charge in [-0.15, -0.1) is 0 Å². The summed E-state index contributed by atoms with van der Waals surface area (Å²) >= 11 is 0. The number of aromatic nitrogens is 2. The van der Waals surface area contributed by atoms with Crippen molar-refractivity contribution in [3.63, 3.8) is 0 Å². The predicted octanol–water partition coefficient (Wildman–Crippen LogP) is 4.65. The second-order valence-corrected chi connectivity index (χ2v) is 7.94. The molecule has 0 fully saturated rings. The number of anilines is 4. The minimum absolute atomic E-state index is 0.194. The Morgan fingerprint density at radius 3 is 2.59 bits per heavy atom. The van der Waals surface area contributed by atoms with E-state index in [9.17, 15) is 13.6 Å². The first-order valence-electron chi connectivity index (χ1n) is 11.3. The number of carbonyl (C=O) groups excluding carboxylic acids is 1. The third kappa shape index (κ3) is 6.95. The van der Waals surface area contributed by atoms with Crippen molar-refractivity contribution in [3.05, 3.63) is 71.4 Å². The fraction of sp³-hybridized carbons (Fsp3) is 0.320. The minimum atomic E-state index is -0.364. The van der Waals surface area contributed by atoms with Crippen LogP contribution in [-0.4, -0.2) is 35.5 Å². The number of hydrogen-bond donors (Lipinski definition) is 4. The summed E-state index contributed by atoms with van der Waals surface area (Å²) in [6.45, 7) is 4.50. The highest BCUT2D eigenvalue weighted by Gasteiger charge is 2.13. The molecule has 0 aliphatic rings. The van der Waals surface area contributed by atoms with Crippen LogP contribution in [-0.2, 0) is 17.6 Å². The van der Waals surface area contributed by atoms with Crippen LogP contribution in [0.15, 0.2) is 48.7 Å². The molecule has 1 aromatic heterocycles. The number of rotatable bonds is 11. The molecule has 0 saturated heterocycles. The molecule has 0 aliphatic heterocycles. The lowest BCUT2D eigenvalue weighted by atomic mass is 10.0. The number of hydrogen-bond acceptors (Lipinski definition) is 6. The van der Waals surface area contributed by atoms with Crippen LogP contribution in [0.3, 0.4) is 0 Å². The molecule has 0 aliphatic carbocycles. The van der Waals surface area contributed by atoms with Crippen LogP contribution in [0.5, 0.6) is 0 Å². The van der Waals surface area contributed by atoms with Crippen LogP contribution in [0.2, 0.25) is 0 Å². The van der Waals surface area contributed by atoms with Gasteiger partial charge in [0.2, 0.25) is 11.9 Å². The zero-order valence-electron chi connectivity index (χ0n) is 19.6. The van der Waals surface area contributed by atoms with Crippen LogP contribution in [0.1, 0.15) is 31.4 Å². The van der Waals surface area contributed by atoms with Crippen molar-refractivity contribution in [2.45, 2.75) is 39.2 Å². The largest absolute Gasteiger partial charge is 0.370 e. The van der Waals surface area contributed by atoms with Crippen molar-refractivity contribution in [3.8, 4) is 0 Å². The molecule has 4 N–H and O–H groups in total. The highest BCUT2D eigenvalue weighted by molar-refractivity contribution is 5.94. The second-order valence-electron chi connectivity index (χ2n) is 7.94. The van der Waals surface area contributed by atoms with Crippen LogP contribution in [0, 0.1) is 11.6 Å². The maximum absolute atomic E-state index is 14.5. The minimum Gasteiger partial charge on any atom is -0.370 e. The lowest BCUT2D eigenvalue weighted by Gasteiger charge is -2.14. The molecule has 0 spiro atoms. The number of halogens is 2. The van der Waals surface area contributed by atoms with E-state index in [-0.39, 0.29) is 23.6 Å². The number of nitrogens with zero attached hydrogens (tertiary/aromatic N) is 2. The summed E-state index contributed by atoms with van der Waals surface area (Å²) in [5.74, 6) is 0.0895. The Balaban J connectivity index is 1.75. The van der Waals surface area contributed by atoms with E-state index >= 15 is 0 Å². The molecule has 1 heterocycles. The monoisotopic (exact) mass is 468 g/mol. The van der Waals surface area contributed by atoms with Crippen LogP contribution in [0.25, 0.3) is 0 Å². The Labute approximate surface area is 198 Å². The maximum atomic E-state index is 14.5. The van der Waals surface area contributed by atoms with Crippen molar-refractivity contribution in [1.82, 2.24) is 15.3 Å². The van der Waals surface area contributed by atoms with Gasteiger partial charge in [0.15, 0.2) is 0 Å². The van der Waals surface area contributed by atoms with Gasteiger partial charge in [-0.25, -0.2) is 13.8 Å². The maximum Gasteiger partial charge on any atom is 0.241 e. The van der Waals surface area contributed by atoms with Crippen LogP contribution < -0.4 is 21.3 Å². The van der Waals surface area contributed by atoms with Crippen LogP contribution >= 0.6 is 0 Å². The van der Waals surface area contributed by atoms with Crippen LogP contribution in [0.4, 0.5) is 31.9 Å². The molecule has 2 aromatic carbocycles. The smallest absolute Gasteiger partial charge is 0.241 e. The summed E-state index contributed by atoms with van der Waals surface area (Å²) in [4.78, 5) is 21.0. The number of amides is 1. The molecule has 1 atom stereocenters. The average molecular weight is 469 g/mol. The fourth-order valence-electron chi connectivity index (χ4n) is 3.24. The first kappa shape index (κ1) is 25.0. The molecule has 0 radical (unpaired) electrons. The molecule has 1 amide bonds. The van der Waals surface area contributed by atoms with Crippen molar-refractivity contribution in [2.75, 3.05) is 29.5 Å². The number of carbonyl (C=O) groups is 1. The zero-order chi connectivity index (χ0) is 24.5. The van der Waals surface area contributed by atoms with Gasteiger partial charge in [0.05, 0.1) is 6.04 Å². The van der Waals surface area contributed by atoms with E-state index in [4.69, 9.17) is 0 Å². The third-order valence-corrected chi connectivity index (χ3v) is 5.29. The number of benzene rings is 2. The average Bonchev–Trinajstić information content (AvgIpc) is 2.83. The molecule has 0 saturated carbocycles. The van der Waals surface area contributed by atoms with Gasteiger partial charge >= 0.3 is 0 Å². The Morgan fingerprint density at radius 2 is 1.85 bits per heavy atom. The molecule has 180 valence electrons. The van der Waals surface area contributed by atoms with E-state index in [1.165, 1.54) is 18.2 Å². The molecular formula is C25H30F2N6O. The molecule has 9 heteroatoms. The van der Waals surface area contributed by atoms with Crippen molar-refractivity contribution < 1.29 is 13.6 Å². The fourth-order valence-corrected chi connectivity index (χ4v) is 3.24. The van der Waals surface area contributed by atoms with E-state index in [1.807, 2.05) is 6.92 Å². The van der Waals surface area contributed by atoms with E-state index in [1.54, 1.807) is 44.4 Å². The quantitative estimate of drug-likeness (QED) is 0.327. The molecule has 0 unspecified atom stereocenters. The molecule has 3 rings (SSSR count). The predicted molar refractivity (Wildman–Crippen MR) is 131 cm³/mol. The lowest BCUT2D eigenvalue weighted by molar-refractivity contribution is -0.117. The van der Waals surface area contributed by atoms with Gasteiger partial charge in [-0.05, 0) is 75.2 Å². The summed E-state index contributed by atoms with van der Waals surface area (Å²) < 4.78 is 27.9. The van der Waals surface area contributed by atoms with Gasteiger partial charge < -0.3 is 21.3 Å². The van der Waals surface area contributed by atoms with E-state index in [0.717, 1.165) is 12.0 Å². The normalized spacial score (nSPS) is 11.7. The molecule has 3 aromatic rings. The third-order valence-electron chi connectivity index (χ3n) is 5.29. The Hall–Kier alpha value is -3.59. The summed E-state index contributed by atoms with van der Waals surface area (Å²) in [5.41, 5.74) is 2.40. The van der Waals surface area contributed by atoms with Gasteiger partial charge in [-0.3, -0.25) is 4.79 Å².